The Morgan fingerprint density at radius 3 is 2.63 bits per heavy atom. The molecule has 3 aromatic rings. The lowest BCUT2D eigenvalue weighted by molar-refractivity contribution is -0.138. The molecule has 1 N–H and O–H groups in total. The Hall–Kier alpha value is -3.15. The molecule has 3 unspecified atom stereocenters. The van der Waals surface area contributed by atoms with Gasteiger partial charge in [0.1, 0.15) is 17.8 Å². The van der Waals surface area contributed by atoms with Gasteiger partial charge in [0.05, 0.1) is 23.2 Å². The van der Waals surface area contributed by atoms with Gasteiger partial charge in [-0.25, -0.2) is 8.42 Å². The fraction of sp³-hybridized carbons (Fsp3) is 0.407. The first-order valence-corrected chi connectivity index (χ1v) is 15.1. The number of rotatable bonds is 8. The molecular formula is C27H30N4O5S2. The molecule has 2 aromatic heterocycles. The molecule has 9 nitrogen and oxygen atoms in total. The van der Waals surface area contributed by atoms with E-state index in [4.69, 9.17) is 0 Å². The third-order valence-corrected chi connectivity index (χ3v) is 9.92. The molecule has 5 rings (SSSR count). The Morgan fingerprint density at radius 1 is 1.16 bits per heavy atom. The average molecular weight is 555 g/mol. The smallest absolute Gasteiger partial charge is 0.262 e. The normalized spacial score (nSPS) is 20.7. The van der Waals surface area contributed by atoms with Crippen LogP contribution in [0.3, 0.4) is 0 Å². The summed E-state index contributed by atoms with van der Waals surface area (Å²) in [6.07, 6.45) is 2.29. The number of ketones is 1. The summed E-state index contributed by atoms with van der Waals surface area (Å²) in [5.41, 5.74) is 0.398. The van der Waals surface area contributed by atoms with E-state index in [9.17, 15) is 22.8 Å². The van der Waals surface area contributed by atoms with Gasteiger partial charge in [-0.1, -0.05) is 38.1 Å². The van der Waals surface area contributed by atoms with Crippen molar-refractivity contribution in [2.24, 2.45) is 5.92 Å². The molecule has 2 aliphatic rings. The fourth-order valence-electron chi connectivity index (χ4n) is 5.35. The molecule has 3 atom stereocenters. The molecule has 2 saturated heterocycles. The monoisotopic (exact) mass is 554 g/mol. The number of benzene rings is 1. The second kappa shape index (κ2) is 10.5. The number of fused-ring (bicyclic) bond motifs is 2. The lowest BCUT2D eigenvalue weighted by Crippen LogP contribution is -2.52. The summed E-state index contributed by atoms with van der Waals surface area (Å²) in [6.45, 7) is 3.91. The number of sulfonamides is 1. The summed E-state index contributed by atoms with van der Waals surface area (Å²) in [5, 5.41) is 3.86. The number of thiophene rings is 1. The van der Waals surface area contributed by atoms with Crippen molar-refractivity contribution in [3.05, 3.63) is 65.3 Å². The molecule has 2 aliphatic heterocycles. The minimum absolute atomic E-state index is 0.111. The first kappa shape index (κ1) is 26.5. The minimum atomic E-state index is -3.81. The number of carbonyl (C=O) groups is 3. The van der Waals surface area contributed by atoms with Crippen molar-refractivity contribution in [1.29, 1.82) is 0 Å². The van der Waals surface area contributed by atoms with E-state index in [1.807, 2.05) is 44.2 Å². The van der Waals surface area contributed by atoms with Crippen LogP contribution < -0.4 is 5.32 Å². The van der Waals surface area contributed by atoms with Crippen molar-refractivity contribution in [3.63, 3.8) is 0 Å². The number of pyridine rings is 1. The predicted octanol–water partition coefficient (Wildman–Crippen LogP) is 2.83. The maximum absolute atomic E-state index is 13.7. The van der Waals surface area contributed by atoms with Crippen LogP contribution in [0.2, 0.25) is 0 Å². The summed E-state index contributed by atoms with van der Waals surface area (Å²) in [5.74, 6) is -1.18. The average Bonchev–Trinajstić information content (AvgIpc) is 3.58. The molecule has 1 aromatic carbocycles. The first-order chi connectivity index (χ1) is 18.1. The molecule has 0 aliphatic carbocycles. The second-order valence-corrected chi connectivity index (χ2v) is 13.2. The van der Waals surface area contributed by atoms with Crippen LogP contribution in [0.4, 0.5) is 0 Å². The number of likely N-dealkylation sites (tertiary alicyclic amines) is 1. The van der Waals surface area contributed by atoms with Crippen LogP contribution in [0.15, 0.2) is 54.7 Å². The molecule has 2 fully saturated rings. The Morgan fingerprint density at radius 2 is 1.92 bits per heavy atom. The SMILES string of the molecule is CC(C)CC(NC(=O)c1cc2ccccc2s1)C(=O)N1CCC2C1C(=O)CN2S(=O)(=O)Cc1ccccn1. The van der Waals surface area contributed by atoms with Gasteiger partial charge < -0.3 is 10.2 Å². The Kier molecular flexibility index (Phi) is 7.34. The molecule has 0 saturated carbocycles. The van der Waals surface area contributed by atoms with Crippen LogP contribution in [0.5, 0.6) is 0 Å². The quantitative estimate of drug-likeness (QED) is 0.458. The van der Waals surface area contributed by atoms with Gasteiger partial charge in [-0.3, -0.25) is 19.4 Å². The Labute approximate surface area is 225 Å². The van der Waals surface area contributed by atoms with E-state index >= 15 is 0 Å². The maximum atomic E-state index is 13.7. The zero-order valence-corrected chi connectivity index (χ0v) is 22.9. The van der Waals surface area contributed by atoms with E-state index in [0.29, 0.717) is 23.4 Å². The number of Topliss-reactive ketones (excluding diaryl/α,β-unsaturated/α-hetero) is 1. The lowest BCUT2D eigenvalue weighted by atomic mass is 10.0. The standard InChI is InChI=1S/C27H30N4O5S2/c1-17(2)13-20(29-26(33)24-14-18-7-3-4-9-23(18)37-24)27(34)30-12-10-21-25(30)22(32)15-31(21)38(35,36)16-19-8-5-6-11-28-19/h3-9,11,14,17,20-21,25H,10,12-13,15-16H2,1-2H3,(H,29,33). The number of amides is 2. The number of nitrogens with zero attached hydrogens (tertiary/aromatic N) is 3. The van der Waals surface area contributed by atoms with E-state index in [2.05, 4.69) is 10.3 Å². The van der Waals surface area contributed by atoms with Crippen molar-refractivity contribution >= 4 is 49.0 Å². The first-order valence-electron chi connectivity index (χ1n) is 12.7. The van der Waals surface area contributed by atoms with Gasteiger partial charge in [0.15, 0.2) is 5.78 Å². The molecule has 200 valence electrons. The fourth-order valence-corrected chi connectivity index (χ4v) is 7.99. The van der Waals surface area contributed by atoms with E-state index in [1.165, 1.54) is 26.7 Å². The molecule has 38 heavy (non-hydrogen) atoms. The topological polar surface area (TPSA) is 117 Å². The highest BCUT2D eigenvalue weighted by molar-refractivity contribution is 7.88. The second-order valence-electron chi connectivity index (χ2n) is 10.2. The van der Waals surface area contributed by atoms with E-state index < -0.39 is 28.1 Å². The predicted molar refractivity (Wildman–Crippen MR) is 145 cm³/mol. The Balaban J connectivity index is 1.33. The zero-order chi connectivity index (χ0) is 27.0. The van der Waals surface area contributed by atoms with Crippen LogP contribution in [-0.4, -0.2) is 71.4 Å². The highest BCUT2D eigenvalue weighted by atomic mass is 32.2. The Bertz CT molecular complexity index is 1440. The van der Waals surface area contributed by atoms with Gasteiger partial charge in [0.2, 0.25) is 15.9 Å². The molecular weight excluding hydrogens is 524 g/mol. The number of carbonyl (C=O) groups excluding carboxylic acids is 3. The van der Waals surface area contributed by atoms with Gasteiger partial charge in [-0.15, -0.1) is 11.3 Å². The van der Waals surface area contributed by atoms with Crippen LogP contribution in [0.25, 0.3) is 10.1 Å². The number of aromatic nitrogens is 1. The molecule has 0 bridgehead atoms. The van der Waals surface area contributed by atoms with E-state index in [-0.39, 0.29) is 42.4 Å². The summed E-state index contributed by atoms with van der Waals surface area (Å²) >= 11 is 1.36. The highest BCUT2D eigenvalue weighted by Crippen LogP contribution is 2.33. The van der Waals surface area contributed by atoms with E-state index in [1.54, 1.807) is 18.2 Å². The summed E-state index contributed by atoms with van der Waals surface area (Å²) in [6, 6.07) is 12.3. The van der Waals surface area contributed by atoms with Gasteiger partial charge in [0.25, 0.3) is 5.91 Å². The summed E-state index contributed by atoms with van der Waals surface area (Å²) in [7, 11) is -3.81. The van der Waals surface area contributed by atoms with Crippen molar-refractivity contribution in [3.8, 4) is 0 Å². The third-order valence-electron chi connectivity index (χ3n) is 7.03. The number of hydrogen-bond acceptors (Lipinski definition) is 7. The largest absolute Gasteiger partial charge is 0.340 e. The van der Waals surface area contributed by atoms with Crippen molar-refractivity contribution < 1.29 is 22.8 Å². The third kappa shape index (κ3) is 5.23. The molecule has 2 amide bonds. The zero-order valence-electron chi connectivity index (χ0n) is 21.2. The van der Waals surface area contributed by atoms with Gasteiger partial charge in [-0.05, 0) is 48.4 Å². The van der Waals surface area contributed by atoms with Gasteiger partial charge >= 0.3 is 0 Å². The van der Waals surface area contributed by atoms with Crippen molar-refractivity contribution in [2.75, 3.05) is 13.1 Å². The maximum Gasteiger partial charge on any atom is 0.262 e. The van der Waals surface area contributed by atoms with Crippen LogP contribution in [-0.2, 0) is 25.4 Å². The van der Waals surface area contributed by atoms with Gasteiger partial charge in [-0.2, -0.15) is 4.31 Å². The van der Waals surface area contributed by atoms with Gasteiger partial charge in [0, 0.05) is 17.4 Å². The van der Waals surface area contributed by atoms with Crippen LogP contribution in [0, 0.1) is 5.92 Å². The highest BCUT2D eigenvalue weighted by Gasteiger charge is 2.54. The van der Waals surface area contributed by atoms with Crippen LogP contribution >= 0.6 is 11.3 Å². The van der Waals surface area contributed by atoms with Crippen molar-refractivity contribution in [2.45, 2.75) is 50.6 Å². The number of nitrogens with one attached hydrogen (secondary N) is 1. The minimum Gasteiger partial charge on any atom is -0.340 e. The molecule has 0 radical (unpaired) electrons. The molecule has 11 heteroatoms. The van der Waals surface area contributed by atoms with Crippen molar-refractivity contribution in [1.82, 2.24) is 19.5 Å². The molecule has 4 heterocycles. The van der Waals surface area contributed by atoms with E-state index in [0.717, 1.165) is 10.1 Å². The summed E-state index contributed by atoms with van der Waals surface area (Å²) < 4.78 is 28.6. The lowest BCUT2D eigenvalue weighted by Gasteiger charge is -2.29. The summed E-state index contributed by atoms with van der Waals surface area (Å²) in [4.78, 5) is 46.0. The van der Waals surface area contributed by atoms with Crippen LogP contribution in [0.1, 0.15) is 42.1 Å². The number of hydrogen-bond donors (Lipinski definition) is 1. The molecule has 0 spiro atoms.